The van der Waals surface area contributed by atoms with E-state index in [-0.39, 0.29) is 24.2 Å². The normalized spacial score (nSPS) is 15.9. The zero-order chi connectivity index (χ0) is 15.7. The molecule has 1 saturated carbocycles. The molecule has 118 valence electrons. The molecule has 5 heteroatoms. The first-order chi connectivity index (χ1) is 10.6. The molecule has 0 bridgehead atoms. The highest BCUT2D eigenvalue weighted by Gasteiger charge is 2.29. The summed E-state index contributed by atoms with van der Waals surface area (Å²) in [5.41, 5.74) is 1.63. The predicted octanol–water partition coefficient (Wildman–Crippen LogP) is 2.13. The van der Waals surface area contributed by atoms with Crippen LogP contribution in [0.5, 0.6) is 0 Å². The first-order valence-corrected chi connectivity index (χ1v) is 8.09. The molecule has 3 rings (SSSR count). The minimum atomic E-state index is -0.0997. The SMILES string of the molecule is CCCn1c(=O)n(CC(=O)NC(C)C2CC2)c2ccccc21. The van der Waals surface area contributed by atoms with Gasteiger partial charge in [-0.15, -0.1) is 0 Å². The van der Waals surface area contributed by atoms with Gasteiger partial charge >= 0.3 is 5.69 Å². The molecule has 22 heavy (non-hydrogen) atoms. The molecule has 1 N–H and O–H groups in total. The fourth-order valence-electron chi connectivity index (χ4n) is 3.02. The summed E-state index contributed by atoms with van der Waals surface area (Å²) in [7, 11) is 0. The average Bonchev–Trinajstić information content (AvgIpc) is 3.31. The van der Waals surface area contributed by atoms with Gasteiger partial charge in [-0.3, -0.25) is 13.9 Å². The minimum absolute atomic E-state index is 0.0825. The second-order valence-corrected chi connectivity index (χ2v) is 6.20. The standard InChI is InChI=1S/C17H23N3O2/c1-3-10-19-14-6-4-5-7-15(14)20(17(19)22)11-16(21)18-12(2)13-8-9-13/h4-7,12-13H,3,8-11H2,1-2H3,(H,18,21). The molecular weight excluding hydrogens is 278 g/mol. The van der Waals surface area contributed by atoms with Gasteiger partial charge in [0.25, 0.3) is 0 Å². The van der Waals surface area contributed by atoms with Crippen LogP contribution in [0.15, 0.2) is 29.1 Å². The summed E-state index contributed by atoms with van der Waals surface area (Å²) in [6, 6.07) is 7.87. The lowest BCUT2D eigenvalue weighted by Gasteiger charge is -2.12. The predicted molar refractivity (Wildman–Crippen MR) is 86.8 cm³/mol. The monoisotopic (exact) mass is 301 g/mol. The molecule has 0 radical (unpaired) electrons. The van der Waals surface area contributed by atoms with Crippen molar-refractivity contribution in [1.82, 2.24) is 14.5 Å². The molecule has 1 aromatic carbocycles. The number of imidazole rings is 1. The Hall–Kier alpha value is -2.04. The van der Waals surface area contributed by atoms with Crippen molar-refractivity contribution < 1.29 is 4.79 Å². The van der Waals surface area contributed by atoms with Crippen molar-refractivity contribution >= 4 is 16.9 Å². The third-order valence-electron chi connectivity index (χ3n) is 4.39. The number of nitrogens with one attached hydrogen (secondary N) is 1. The molecule has 0 saturated heterocycles. The molecule has 1 aliphatic carbocycles. The highest BCUT2D eigenvalue weighted by molar-refractivity contribution is 5.81. The summed E-state index contributed by atoms with van der Waals surface area (Å²) in [5.74, 6) is 0.531. The second kappa shape index (κ2) is 5.99. The molecule has 1 unspecified atom stereocenters. The molecule has 1 amide bonds. The number of hydrogen-bond acceptors (Lipinski definition) is 2. The Morgan fingerprint density at radius 1 is 1.27 bits per heavy atom. The lowest BCUT2D eigenvalue weighted by molar-refractivity contribution is -0.122. The molecule has 1 atom stereocenters. The number of rotatable bonds is 6. The van der Waals surface area contributed by atoms with Crippen LogP contribution in [0.1, 0.15) is 33.1 Å². The van der Waals surface area contributed by atoms with Gasteiger partial charge in [0, 0.05) is 12.6 Å². The summed E-state index contributed by atoms with van der Waals surface area (Å²) < 4.78 is 3.34. The Morgan fingerprint density at radius 2 is 1.91 bits per heavy atom. The number of fused-ring (bicyclic) bond motifs is 1. The van der Waals surface area contributed by atoms with Gasteiger partial charge in [-0.2, -0.15) is 0 Å². The molecule has 1 aromatic heterocycles. The van der Waals surface area contributed by atoms with Crippen LogP contribution in [0.3, 0.4) is 0 Å². The summed E-state index contributed by atoms with van der Waals surface area (Å²) in [6.07, 6.45) is 3.27. The lowest BCUT2D eigenvalue weighted by Crippen LogP contribution is -2.38. The van der Waals surface area contributed by atoms with Crippen LogP contribution >= 0.6 is 0 Å². The number of carbonyl (C=O) groups is 1. The van der Waals surface area contributed by atoms with E-state index in [9.17, 15) is 9.59 Å². The van der Waals surface area contributed by atoms with Gasteiger partial charge in [-0.25, -0.2) is 4.79 Å². The van der Waals surface area contributed by atoms with Crippen molar-refractivity contribution in [3.63, 3.8) is 0 Å². The zero-order valence-electron chi connectivity index (χ0n) is 13.2. The number of amides is 1. The maximum atomic E-state index is 12.6. The number of carbonyl (C=O) groups excluding carboxylic acids is 1. The van der Waals surface area contributed by atoms with Crippen LogP contribution in [0.4, 0.5) is 0 Å². The van der Waals surface area contributed by atoms with Crippen LogP contribution in [0, 0.1) is 5.92 Å². The number of aryl methyl sites for hydroxylation is 1. The lowest BCUT2D eigenvalue weighted by atomic mass is 10.2. The fourth-order valence-corrected chi connectivity index (χ4v) is 3.02. The number of benzene rings is 1. The summed E-state index contributed by atoms with van der Waals surface area (Å²) in [6.45, 7) is 4.85. The van der Waals surface area contributed by atoms with E-state index >= 15 is 0 Å². The first kappa shape index (κ1) is 14.9. The molecule has 2 aromatic rings. The highest BCUT2D eigenvalue weighted by Crippen LogP contribution is 2.32. The Morgan fingerprint density at radius 3 is 2.50 bits per heavy atom. The Labute approximate surface area is 129 Å². The van der Waals surface area contributed by atoms with Crippen molar-refractivity contribution in [2.45, 2.75) is 52.2 Å². The van der Waals surface area contributed by atoms with E-state index in [0.717, 1.165) is 17.5 Å². The van der Waals surface area contributed by atoms with Crippen molar-refractivity contribution in [2.75, 3.05) is 0 Å². The zero-order valence-corrected chi connectivity index (χ0v) is 13.2. The number of nitrogens with zero attached hydrogens (tertiary/aromatic N) is 2. The van der Waals surface area contributed by atoms with Gasteiger partial charge in [0.1, 0.15) is 6.54 Å². The van der Waals surface area contributed by atoms with Gasteiger partial charge in [0.05, 0.1) is 11.0 Å². The number of para-hydroxylation sites is 2. The van der Waals surface area contributed by atoms with Crippen molar-refractivity contribution in [3.05, 3.63) is 34.7 Å². The van der Waals surface area contributed by atoms with E-state index in [4.69, 9.17) is 0 Å². The van der Waals surface area contributed by atoms with E-state index < -0.39 is 0 Å². The smallest absolute Gasteiger partial charge is 0.329 e. The maximum Gasteiger partial charge on any atom is 0.329 e. The summed E-state index contributed by atoms with van der Waals surface area (Å²) in [4.78, 5) is 24.8. The van der Waals surface area contributed by atoms with Gasteiger partial charge in [0.15, 0.2) is 0 Å². The van der Waals surface area contributed by atoms with Crippen LogP contribution in [-0.2, 0) is 17.9 Å². The largest absolute Gasteiger partial charge is 0.352 e. The summed E-state index contributed by atoms with van der Waals surface area (Å²) in [5, 5.41) is 3.02. The Bertz CT molecular complexity index is 740. The molecule has 0 spiro atoms. The maximum absolute atomic E-state index is 12.6. The van der Waals surface area contributed by atoms with Crippen LogP contribution < -0.4 is 11.0 Å². The molecule has 1 fully saturated rings. The van der Waals surface area contributed by atoms with Gasteiger partial charge in [-0.05, 0) is 44.2 Å². The number of hydrogen-bond donors (Lipinski definition) is 1. The van der Waals surface area contributed by atoms with Crippen molar-refractivity contribution in [3.8, 4) is 0 Å². The second-order valence-electron chi connectivity index (χ2n) is 6.20. The third kappa shape index (κ3) is 2.80. The van der Waals surface area contributed by atoms with Crippen molar-refractivity contribution in [2.24, 2.45) is 5.92 Å². The number of aromatic nitrogens is 2. The first-order valence-electron chi connectivity index (χ1n) is 8.09. The average molecular weight is 301 g/mol. The minimum Gasteiger partial charge on any atom is -0.352 e. The van der Waals surface area contributed by atoms with Gasteiger partial charge < -0.3 is 5.32 Å². The van der Waals surface area contributed by atoms with Crippen LogP contribution in [0.25, 0.3) is 11.0 Å². The molecule has 5 nitrogen and oxygen atoms in total. The molecule has 1 aliphatic rings. The molecular formula is C17H23N3O2. The van der Waals surface area contributed by atoms with E-state index in [2.05, 4.69) is 5.32 Å². The molecule has 1 heterocycles. The Balaban J connectivity index is 1.87. The molecule has 0 aliphatic heterocycles. The van der Waals surface area contributed by atoms with Gasteiger partial charge in [0.2, 0.25) is 5.91 Å². The topological polar surface area (TPSA) is 56.0 Å². The van der Waals surface area contributed by atoms with Crippen molar-refractivity contribution in [1.29, 1.82) is 0 Å². The quantitative estimate of drug-likeness (QED) is 0.888. The van der Waals surface area contributed by atoms with E-state index in [1.165, 1.54) is 12.8 Å². The van der Waals surface area contributed by atoms with Gasteiger partial charge in [-0.1, -0.05) is 19.1 Å². The highest BCUT2D eigenvalue weighted by atomic mass is 16.2. The van der Waals surface area contributed by atoms with E-state index in [0.29, 0.717) is 12.5 Å². The fraction of sp³-hybridized carbons (Fsp3) is 0.529. The third-order valence-corrected chi connectivity index (χ3v) is 4.39. The Kier molecular flexibility index (Phi) is 4.05. The van der Waals surface area contributed by atoms with Crippen LogP contribution in [0.2, 0.25) is 0 Å². The van der Waals surface area contributed by atoms with Crippen LogP contribution in [-0.4, -0.2) is 21.1 Å². The summed E-state index contributed by atoms with van der Waals surface area (Å²) >= 11 is 0. The van der Waals surface area contributed by atoms with E-state index in [1.54, 1.807) is 9.13 Å². The van der Waals surface area contributed by atoms with E-state index in [1.807, 2.05) is 38.1 Å².